The predicted molar refractivity (Wildman–Crippen MR) is 88.0 cm³/mol. The Balaban J connectivity index is 1.92. The summed E-state index contributed by atoms with van der Waals surface area (Å²) in [7, 11) is 0. The van der Waals surface area contributed by atoms with E-state index in [4.69, 9.17) is 0 Å². The van der Waals surface area contributed by atoms with Crippen LogP contribution in [0.4, 0.5) is 5.69 Å². The van der Waals surface area contributed by atoms with E-state index in [-0.39, 0.29) is 12.5 Å². The molecule has 1 aromatic rings. The van der Waals surface area contributed by atoms with Crippen molar-refractivity contribution in [1.29, 1.82) is 0 Å². The molecule has 0 saturated carbocycles. The van der Waals surface area contributed by atoms with Crippen molar-refractivity contribution in [1.82, 2.24) is 9.80 Å². The molecule has 0 aliphatic carbocycles. The number of anilines is 1. The lowest BCUT2D eigenvalue weighted by molar-refractivity contribution is -0.156. The quantitative estimate of drug-likeness (QED) is 0.836. The number of piperazine rings is 1. The number of hydrogen-bond donors (Lipinski definition) is 1. The second-order valence-corrected chi connectivity index (χ2v) is 5.94. The van der Waals surface area contributed by atoms with Crippen LogP contribution in [-0.2, 0) is 14.4 Å². The van der Waals surface area contributed by atoms with Gasteiger partial charge in [-0.3, -0.25) is 14.4 Å². The lowest BCUT2D eigenvalue weighted by atomic mass is 10.0. The summed E-state index contributed by atoms with van der Waals surface area (Å²) in [6, 6.07) is 7.62. The number of likely N-dealkylation sites (N-methyl/N-ethyl adjacent to an activating group) is 1. The number of hydrogen-bond acceptors (Lipinski definition) is 3. The van der Waals surface area contributed by atoms with Crippen LogP contribution in [0.3, 0.4) is 0 Å². The summed E-state index contributed by atoms with van der Waals surface area (Å²) in [5.74, 6) is -1.01. The summed E-state index contributed by atoms with van der Waals surface area (Å²) in [6.07, 6.45) is 0. The van der Waals surface area contributed by atoms with Crippen LogP contribution in [0.15, 0.2) is 24.3 Å². The summed E-state index contributed by atoms with van der Waals surface area (Å²) >= 11 is 0. The molecule has 0 spiro atoms. The summed E-state index contributed by atoms with van der Waals surface area (Å²) in [4.78, 5) is 38.6. The molecule has 0 aromatic heterocycles. The Morgan fingerprint density at radius 1 is 1.09 bits per heavy atom. The van der Waals surface area contributed by atoms with Gasteiger partial charge in [-0.05, 0) is 30.5 Å². The fraction of sp³-hybridized carbons (Fsp3) is 0.471. The van der Waals surface area contributed by atoms with Crippen molar-refractivity contribution < 1.29 is 14.4 Å². The molecule has 23 heavy (non-hydrogen) atoms. The van der Waals surface area contributed by atoms with Crippen LogP contribution in [0, 0.1) is 0 Å². The predicted octanol–water partition coefficient (Wildman–Crippen LogP) is 1.44. The van der Waals surface area contributed by atoms with Gasteiger partial charge in [-0.25, -0.2) is 0 Å². The van der Waals surface area contributed by atoms with E-state index < -0.39 is 11.8 Å². The van der Waals surface area contributed by atoms with Crippen LogP contribution in [0.2, 0.25) is 0 Å². The van der Waals surface area contributed by atoms with Gasteiger partial charge in [0.05, 0.1) is 0 Å². The highest BCUT2D eigenvalue weighted by molar-refractivity contribution is 6.35. The first kappa shape index (κ1) is 17.0. The molecule has 1 aliphatic heterocycles. The summed E-state index contributed by atoms with van der Waals surface area (Å²) in [5, 5.41) is 2.76. The Hall–Kier alpha value is -2.37. The number of carbonyl (C=O) groups excluding carboxylic acids is 3. The van der Waals surface area contributed by atoms with Crippen LogP contribution < -0.4 is 5.32 Å². The average Bonchev–Trinajstić information content (AvgIpc) is 2.52. The van der Waals surface area contributed by atoms with Crippen molar-refractivity contribution in [2.24, 2.45) is 0 Å². The van der Waals surface area contributed by atoms with Gasteiger partial charge < -0.3 is 15.1 Å². The van der Waals surface area contributed by atoms with E-state index >= 15 is 0 Å². The number of amides is 3. The maximum atomic E-state index is 12.1. The van der Waals surface area contributed by atoms with E-state index in [1.807, 2.05) is 31.2 Å². The normalized spacial score (nSPS) is 15.3. The summed E-state index contributed by atoms with van der Waals surface area (Å²) in [5.41, 5.74) is 1.88. The van der Waals surface area contributed by atoms with Gasteiger partial charge in [-0.15, -0.1) is 0 Å². The molecule has 0 bridgehead atoms. The summed E-state index contributed by atoms with van der Waals surface area (Å²) < 4.78 is 0. The number of nitrogens with one attached hydrogen (secondary N) is 1. The molecule has 0 radical (unpaired) electrons. The average molecular weight is 317 g/mol. The van der Waals surface area contributed by atoms with E-state index in [0.717, 1.165) is 0 Å². The second-order valence-electron chi connectivity index (χ2n) is 5.94. The first-order valence-electron chi connectivity index (χ1n) is 7.90. The van der Waals surface area contributed by atoms with E-state index in [1.54, 1.807) is 0 Å². The van der Waals surface area contributed by atoms with Crippen LogP contribution in [0.5, 0.6) is 0 Å². The van der Waals surface area contributed by atoms with Gasteiger partial charge in [0.2, 0.25) is 5.91 Å². The van der Waals surface area contributed by atoms with Gasteiger partial charge in [0, 0.05) is 25.3 Å². The molecular formula is C17H23N3O3. The molecule has 6 nitrogen and oxygen atoms in total. The van der Waals surface area contributed by atoms with E-state index in [2.05, 4.69) is 19.2 Å². The number of rotatable bonds is 5. The molecule has 0 atom stereocenters. The van der Waals surface area contributed by atoms with Gasteiger partial charge in [-0.1, -0.05) is 26.0 Å². The summed E-state index contributed by atoms with van der Waals surface area (Å²) in [6.45, 7) is 7.29. The van der Waals surface area contributed by atoms with E-state index in [0.29, 0.717) is 31.2 Å². The molecule has 2 rings (SSSR count). The third kappa shape index (κ3) is 4.09. The molecule has 6 heteroatoms. The van der Waals surface area contributed by atoms with Gasteiger partial charge in [-0.2, -0.15) is 0 Å². The maximum absolute atomic E-state index is 12.1. The Morgan fingerprint density at radius 2 is 1.65 bits per heavy atom. The number of carbonyl (C=O) groups is 3. The van der Waals surface area contributed by atoms with Crippen molar-refractivity contribution in [3.63, 3.8) is 0 Å². The molecule has 3 amide bonds. The Bertz CT molecular complexity index is 596. The Morgan fingerprint density at radius 3 is 2.22 bits per heavy atom. The zero-order valence-electron chi connectivity index (χ0n) is 13.8. The van der Waals surface area contributed by atoms with Crippen LogP contribution in [-0.4, -0.2) is 53.7 Å². The molecule has 124 valence electrons. The van der Waals surface area contributed by atoms with Crippen molar-refractivity contribution in [3.8, 4) is 0 Å². The number of benzene rings is 1. The fourth-order valence-corrected chi connectivity index (χ4v) is 2.49. The largest absolute Gasteiger partial charge is 0.333 e. The van der Waals surface area contributed by atoms with Crippen molar-refractivity contribution in [2.45, 2.75) is 26.7 Å². The van der Waals surface area contributed by atoms with Crippen LogP contribution >= 0.6 is 0 Å². The first-order chi connectivity index (χ1) is 10.9. The van der Waals surface area contributed by atoms with Gasteiger partial charge in [0.1, 0.15) is 6.54 Å². The third-order valence-corrected chi connectivity index (χ3v) is 3.97. The number of nitrogens with zero attached hydrogens (tertiary/aromatic N) is 2. The van der Waals surface area contributed by atoms with E-state index in [1.165, 1.54) is 15.4 Å². The van der Waals surface area contributed by atoms with Crippen molar-refractivity contribution >= 4 is 23.4 Å². The minimum Gasteiger partial charge on any atom is -0.333 e. The molecule has 1 aliphatic rings. The molecular weight excluding hydrogens is 294 g/mol. The molecule has 1 saturated heterocycles. The van der Waals surface area contributed by atoms with Crippen molar-refractivity contribution in [3.05, 3.63) is 29.8 Å². The SMILES string of the molecule is CCN1CCN(CC(=O)Nc2ccc(C(C)C)cc2)C(=O)C1=O. The topological polar surface area (TPSA) is 69.7 Å². The highest BCUT2D eigenvalue weighted by Gasteiger charge is 2.32. The van der Waals surface area contributed by atoms with Crippen LogP contribution in [0.25, 0.3) is 0 Å². The maximum Gasteiger partial charge on any atom is 0.312 e. The minimum absolute atomic E-state index is 0.103. The Kier molecular flexibility index (Phi) is 5.36. The molecule has 1 heterocycles. The third-order valence-electron chi connectivity index (χ3n) is 3.97. The van der Waals surface area contributed by atoms with Gasteiger partial charge in [0.15, 0.2) is 0 Å². The molecule has 1 fully saturated rings. The van der Waals surface area contributed by atoms with E-state index in [9.17, 15) is 14.4 Å². The van der Waals surface area contributed by atoms with Gasteiger partial charge >= 0.3 is 11.8 Å². The monoisotopic (exact) mass is 317 g/mol. The zero-order valence-corrected chi connectivity index (χ0v) is 13.8. The minimum atomic E-state index is -0.608. The standard InChI is InChI=1S/C17H23N3O3/c1-4-19-9-10-20(17(23)16(19)22)11-15(21)18-14-7-5-13(6-8-14)12(2)3/h5-8,12H,4,9-11H2,1-3H3,(H,18,21). The fourth-order valence-electron chi connectivity index (χ4n) is 2.49. The first-order valence-corrected chi connectivity index (χ1v) is 7.90. The Labute approximate surface area is 136 Å². The van der Waals surface area contributed by atoms with Gasteiger partial charge in [0.25, 0.3) is 0 Å². The molecule has 1 N–H and O–H groups in total. The molecule has 1 aromatic carbocycles. The van der Waals surface area contributed by atoms with Crippen molar-refractivity contribution in [2.75, 3.05) is 31.5 Å². The highest BCUT2D eigenvalue weighted by atomic mass is 16.2. The lowest BCUT2D eigenvalue weighted by Crippen LogP contribution is -2.55. The zero-order chi connectivity index (χ0) is 17.0. The second kappa shape index (κ2) is 7.26. The van der Waals surface area contributed by atoms with Crippen LogP contribution in [0.1, 0.15) is 32.3 Å². The smallest absolute Gasteiger partial charge is 0.312 e. The molecule has 0 unspecified atom stereocenters. The highest BCUT2D eigenvalue weighted by Crippen LogP contribution is 2.17. The lowest BCUT2D eigenvalue weighted by Gasteiger charge is -2.32.